The van der Waals surface area contributed by atoms with Crippen molar-refractivity contribution in [3.63, 3.8) is 0 Å². The van der Waals surface area contributed by atoms with Crippen molar-refractivity contribution in [3.8, 4) is 5.75 Å². The molecule has 1 aliphatic heterocycles. The molecule has 1 fully saturated rings. The maximum Gasteiger partial charge on any atom is 0.282 e. The van der Waals surface area contributed by atoms with Gasteiger partial charge in [0.05, 0.1) is 19.3 Å². The zero-order chi connectivity index (χ0) is 19.5. The van der Waals surface area contributed by atoms with Gasteiger partial charge in [-0.2, -0.15) is 17.0 Å². The van der Waals surface area contributed by atoms with Gasteiger partial charge in [0, 0.05) is 25.2 Å². The lowest BCUT2D eigenvalue weighted by molar-refractivity contribution is -0.116. The Hall–Kier alpha value is -1.35. The third-order valence-corrected chi connectivity index (χ3v) is 6.46. The molecule has 1 saturated heterocycles. The molecular weight excluding hydrogens is 378 g/mol. The largest absolute Gasteiger partial charge is 0.495 e. The lowest BCUT2D eigenvalue weighted by atomic mass is 9.94. The van der Waals surface area contributed by atoms with Crippen molar-refractivity contribution in [3.05, 3.63) is 23.2 Å². The zero-order valence-corrected chi connectivity index (χ0v) is 17.1. The van der Waals surface area contributed by atoms with Gasteiger partial charge in [0.1, 0.15) is 5.75 Å². The van der Waals surface area contributed by atoms with Crippen LogP contribution in [-0.2, 0) is 15.0 Å². The highest BCUT2D eigenvalue weighted by Gasteiger charge is 2.33. The standard InChI is InChI=1S/C17H26ClN3O4S/c1-12-7-13(2)10-21(9-12)26(23,24)20(3)11-17(22)19-15-8-14(18)5-6-16(15)25-4/h5-6,8,12-13H,7,9-11H2,1-4H3,(H,19,22)/t12-,13+. The third kappa shape index (κ3) is 5.09. The van der Waals surface area contributed by atoms with Crippen LogP contribution in [0.5, 0.6) is 5.75 Å². The summed E-state index contributed by atoms with van der Waals surface area (Å²) in [6, 6.07) is 4.83. The number of rotatable bonds is 6. The predicted molar refractivity (Wildman–Crippen MR) is 103 cm³/mol. The van der Waals surface area contributed by atoms with Gasteiger partial charge >= 0.3 is 0 Å². The fourth-order valence-electron chi connectivity index (χ4n) is 3.24. The molecule has 1 aromatic carbocycles. The van der Waals surface area contributed by atoms with Crippen LogP contribution in [0, 0.1) is 11.8 Å². The average Bonchev–Trinajstić information content (AvgIpc) is 2.54. The smallest absolute Gasteiger partial charge is 0.282 e. The molecule has 9 heteroatoms. The van der Waals surface area contributed by atoms with Crippen LogP contribution < -0.4 is 10.1 Å². The van der Waals surface area contributed by atoms with Crippen LogP contribution in [-0.4, -0.2) is 56.7 Å². The van der Waals surface area contributed by atoms with Crippen molar-refractivity contribution in [2.45, 2.75) is 20.3 Å². The minimum absolute atomic E-state index is 0.294. The number of nitrogens with zero attached hydrogens (tertiary/aromatic N) is 2. The monoisotopic (exact) mass is 403 g/mol. The summed E-state index contributed by atoms with van der Waals surface area (Å²) in [5, 5.41) is 3.10. The first kappa shape index (κ1) is 21.0. The molecule has 1 aromatic rings. The molecule has 0 unspecified atom stereocenters. The van der Waals surface area contributed by atoms with E-state index in [0.717, 1.165) is 10.7 Å². The van der Waals surface area contributed by atoms with Gasteiger partial charge in [0.15, 0.2) is 0 Å². The van der Waals surface area contributed by atoms with E-state index in [-0.39, 0.29) is 6.54 Å². The van der Waals surface area contributed by atoms with E-state index in [1.165, 1.54) is 18.5 Å². The van der Waals surface area contributed by atoms with Gasteiger partial charge in [-0.3, -0.25) is 4.79 Å². The van der Waals surface area contributed by atoms with Gasteiger partial charge < -0.3 is 10.1 Å². The number of carbonyl (C=O) groups is 1. The lowest BCUT2D eigenvalue weighted by Gasteiger charge is -2.36. The van der Waals surface area contributed by atoms with Crippen LogP contribution in [0.25, 0.3) is 0 Å². The number of anilines is 1. The second kappa shape index (κ2) is 8.56. The summed E-state index contributed by atoms with van der Waals surface area (Å²) in [5.41, 5.74) is 0.399. The Labute approximate surface area is 160 Å². The second-order valence-electron chi connectivity index (χ2n) is 6.92. The van der Waals surface area contributed by atoms with Gasteiger partial charge in [-0.15, -0.1) is 0 Å². The van der Waals surface area contributed by atoms with E-state index in [1.54, 1.807) is 18.2 Å². The SMILES string of the molecule is COc1ccc(Cl)cc1NC(=O)CN(C)S(=O)(=O)N1C[C@H](C)C[C@H](C)C1. The number of benzene rings is 1. The van der Waals surface area contributed by atoms with Crippen LogP contribution in [0.4, 0.5) is 5.69 Å². The van der Waals surface area contributed by atoms with E-state index in [4.69, 9.17) is 16.3 Å². The van der Waals surface area contributed by atoms with Crippen molar-refractivity contribution in [1.82, 2.24) is 8.61 Å². The van der Waals surface area contributed by atoms with Crippen molar-refractivity contribution >= 4 is 33.4 Å². The number of halogens is 1. The zero-order valence-electron chi connectivity index (χ0n) is 15.5. The molecule has 0 saturated carbocycles. The van der Waals surface area contributed by atoms with Gasteiger partial charge in [0.25, 0.3) is 10.2 Å². The molecule has 1 N–H and O–H groups in total. The molecule has 26 heavy (non-hydrogen) atoms. The number of hydrogen-bond donors (Lipinski definition) is 1. The Morgan fingerprint density at radius 1 is 1.35 bits per heavy atom. The molecular formula is C17H26ClN3O4S. The molecule has 0 aromatic heterocycles. The number of likely N-dealkylation sites (N-methyl/N-ethyl adjacent to an activating group) is 1. The number of carbonyl (C=O) groups excluding carboxylic acids is 1. The maximum atomic E-state index is 12.8. The van der Waals surface area contributed by atoms with Gasteiger partial charge in [0.2, 0.25) is 5.91 Å². The second-order valence-corrected chi connectivity index (χ2v) is 9.39. The molecule has 2 rings (SSSR count). The summed E-state index contributed by atoms with van der Waals surface area (Å²) in [6.45, 7) is 4.73. The number of piperidine rings is 1. The molecule has 1 heterocycles. The number of nitrogens with one attached hydrogen (secondary N) is 1. The summed E-state index contributed by atoms with van der Waals surface area (Å²) in [7, 11) is -0.799. The Morgan fingerprint density at radius 3 is 2.54 bits per heavy atom. The van der Waals surface area contributed by atoms with Crippen LogP contribution in [0.3, 0.4) is 0 Å². The fourth-order valence-corrected chi connectivity index (χ4v) is 4.98. The first-order valence-corrected chi connectivity index (χ1v) is 10.3. The molecule has 1 amide bonds. The van der Waals surface area contributed by atoms with Crippen LogP contribution in [0.15, 0.2) is 18.2 Å². The highest BCUT2D eigenvalue weighted by molar-refractivity contribution is 7.86. The van der Waals surface area contributed by atoms with E-state index in [2.05, 4.69) is 5.32 Å². The molecule has 1 aliphatic rings. The summed E-state index contributed by atoms with van der Waals surface area (Å²) in [5.74, 6) is 0.583. The van der Waals surface area contributed by atoms with Gasteiger partial charge in [-0.25, -0.2) is 0 Å². The van der Waals surface area contributed by atoms with Crippen LogP contribution in [0.2, 0.25) is 5.02 Å². The highest BCUT2D eigenvalue weighted by atomic mass is 35.5. The predicted octanol–water partition coefficient (Wildman–Crippen LogP) is 2.44. The maximum absolute atomic E-state index is 12.8. The molecule has 146 valence electrons. The van der Waals surface area contributed by atoms with Crippen molar-refractivity contribution in [2.75, 3.05) is 39.1 Å². The Morgan fingerprint density at radius 2 is 1.96 bits per heavy atom. The van der Waals surface area contributed by atoms with Crippen molar-refractivity contribution < 1.29 is 17.9 Å². The van der Waals surface area contributed by atoms with Crippen LogP contribution >= 0.6 is 11.6 Å². The van der Waals surface area contributed by atoms with Crippen molar-refractivity contribution in [1.29, 1.82) is 0 Å². The van der Waals surface area contributed by atoms with Crippen LogP contribution in [0.1, 0.15) is 20.3 Å². The first-order chi connectivity index (χ1) is 12.1. The molecule has 2 atom stereocenters. The number of amides is 1. The molecule has 0 bridgehead atoms. The topological polar surface area (TPSA) is 79.0 Å². The molecule has 0 radical (unpaired) electrons. The molecule has 0 spiro atoms. The Bertz CT molecular complexity index is 746. The summed E-state index contributed by atoms with van der Waals surface area (Å²) >= 11 is 5.94. The summed E-state index contributed by atoms with van der Waals surface area (Å²) in [6.07, 6.45) is 1.00. The van der Waals surface area contributed by atoms with E-state index < -0.39 is 16.1 Å². The Balaban J connectivity index is 2.05. The minimum atomic E-state index is -3.69. The molecule has 0 aliphatic carbocycles. The van der Waals surface area contributed by atoms with Crippen molar-refractivity contribution in [2.24, 2.45) is 11.8 Å². The lowest BCUT2D eigenvalue weighted by Crippen LogP contribution is -2.49. The summed E-state index contributed by atoms with van der Waals surface area (Å²) in [4.78, 5) is 12.3. The number of hydrogen-bond acceptors (Lipinski definition) is 4. The normalized spacial score (nSPS) is 21.6. The van der Waals surface area contributed by atoms with E-state index in [0.29, 0.717) is 41.4 Å². The van der Waals surface area contributed by atoms with Gasteiger partial charge in [-0.1, -0.05) is 25.4 Å². The van der Waals surface area contributed by atoms with E-state index in [9.17, 15) is 13.2 Å². The van der Waals surface area contributed by atoms with Gasteiger partial charge in [-0.05, 0) is 36.5 Å². The highest BCUT2D eigenvalue weighted by Crippen LogP contribution is 2.28. The molecule has 7 nitrogen and oxygen atoms in total. The van der Waals surface area contributed by atoms with E-state index in [1.807, 2.05) is 13.8 Å². The summed E-state index contributed by atoms with van der Waals surface area (Å²) < 4.78 is 33.2. The van der Waals surface area contributed by atoms with E-state index >= 15 is 0 Å². The number of methoxy groups -OCH3 is 1. The Kier molecular flexibility index (Phi) is 6.90. The fraction of sp³-hybridized carbons (Fsp3) is 0.588. The third-order valence-electron chi connectivity index (χ3n) is 4.36. The minimum Gasteiger partial charge on any atom is -0.495 e. The average molecular weight is 404 g/mol. The quantitative estimate of drug-likeness (QED) is 0.791. The number of ether oxygens (including phenoxy) is 1. The first-order valence-electron chi connectivity index (χ1n) is 8.48.